The molecule has 0 bridgehead atoms. The van der Waals surface area contributed by atoms with Gasteiger partial charge in [-0.25, -0.2) is 4.99 Å². The van der Waals surface area contributed by atoms with E-state index in [1.807, 2.05) is 0 Å². The highest BCUT2D eigenvalue weighted by Crippen LogP contribution is 2.31. The van der Waals surface area contributed by atoms with Crippen molar-refractivity contribution in [3.63, 3.8) is 0 Å². The number of rotatable bonds is 0. The van der Waals surface area contributed by atoms with E-state index in [2.05, 4.69) is 60.7 Å². The quantitative estimate of drug-likeness (QED) is 0.383. The molecule has 5 rings (SSSR count). The summed E-state index contributed by atoms with van der Waals surface area (Å²) in [5, 5.41) is 5.32. The zero-order chi connectivity index (χ0) is 13.1. The van der Waals surface area contributed by atoms with Crippen molar-refractivity contribution in [2.75, 3.05) is 0 Å². The van der Waals surface area contributed by atoms with E-state index in [0.29, 0.717) is 0 Å². The molecule has 2 aliphatic rings. The number of fused-ring (bicyclic) bond motifs is 6. The van der Waals surface area contributed by atoms with Crippen LogP contribution in [0.25, 0.3) is 11.1 Å². The Morgan fingerprint density at radius 1 is 0.750 bits per heavy atom. The van der Waals surface area contributed by atoms with E-state index in [-0.39, 0.29) is 0 Å². The molecular weight excluding hydrogens is 258 g/mol. The van der Waals surface area contributed by atoms with Crippen molar-refractivity contribution in [2.45, 2.75) is 0 Å². The smallest absolute Gasteiger partial charge is 0.0796 e. The van der Waals surface area contributed by atoms with Crippen molar-refractivity contribution in [1.82, 2.24) is 0 Å². The molecule has 2 heterocycles. The Morgan fingerprint density at radius 3 is 2.60 bits per heavy atom. The van der Waals surface area contributed by atoms with Gasteiger partial charge in [0, 0.05) is 16.3 Å². The third-order valence-corrected chi connectivity index (χ3v) is 5.46. The molecule has 0 unspecified atom stereocenters. The number of hydrogen-bond donors (Lipinski definition) is 0. The third kappa shape index (κ3) is 1.22. The molecular formula is C18H10NSi. The van der Waals surface area contributed by atoms with Crippen LogP contribution < -0.4 is 10.5 Å². The zero-order valence-electron chi connectivity index (χ0n) is 10.7. The van der Waals surface area contributed by atoms with Crippen LogP contribution in [-0.4, -0.2) is 9.13 Å². The summed E-state index contributed by atoms with van der Waals surface area (Å²) in [6.45, 7) is 0. The summed E-state index contributed by atoms with van der Waals surface area (Å²) in [5.74, 6) is 0. The Hall–Kier alpha value is -2.32. The predicted octanol–water partition coefficient (Wildman–Crippen LogP) is 2.50. The minimum absolute atomic E-state index is 0.761. The molecule has 0 amide bonds. The van der Waals surface area contributed by atoms with E-state index < -0.39 is 0 Å². The lowest BCUT2D eigenvalue weighted by atomic mass is 10.0. The second-order valence-electron chi connectivity index (χ2n) is 5.18. The van der Waals surface area contributed by atoms with Gasteiger partial charge in [-0.1, -0.05) is 54.6 Å². The highest BCUT2D eigenvalue weighted by molar-refractivity contribution is 6.47. The highest BCUT2D eigenvalue weighted by Gasteiger charge is 2.16. The van der Waals surface area contributed by atoms with Gasteiger partial charge in [0.25, 0.3) is 0 Å². The van der Waals surface area contributed by atoms with E-state index in [4.69, 9.17) is 4.99 Å². The van der Waals surface area contributed by atoms with Gasteiger partial charge in [-0.2, -0.15) is 0 Å². The van der Waals surface area contributed by atoms with Crippen molar-refractivity contribution in [2.24, 2.45) is 4.99 Å². The summed E-state index contributed by atoms with van der Waals surface area (Å²) < 4.78 is 0. The van der Waals surface area contributed by atoms with E-state index in [9.17, 15) is 0 Å². The third-order valence-electron chi connectivity index (χ3n) is 4.07. The van der Waals surface area contributed by atoms with Crippen LogP contribution in [0.5, 0.6) is 0 Å². The lowest BCUT2D eigenvalue weighted by molar-refractivity contribution is 1.36. The molecule has 0 N–H and O–H groups in total. The standard InChI is InChI=1S/C18H10NSi/c1-3-7-14-11(5-1)12-9-10-16-17(18(12)19-14)13-6-2-4-8-15(13)20-16/h1-10H. The molecule has 2 heteroatoms. The summed E-state index contributed by atoms with van der Waals surface area (Å²) >= 11 is 0. The number of para-hydroxylation sites is 1. The van der Waals surface area contributed by atoms with Crippen LogP contribution in [0.1, 0.15) is 0 Å². The van der Waals surface area contributed by atoms with E-state index in [1.165, 1.54) is 36.9 Å². The maximum absolute atomic E-state index is 4.89. The average Bonchev–Trinajstić information content (AvgIpc) is 3.04. The van der Waals surface area contributed by atoms with Crippen LogP contribution in [-0.2, 0) is 0 Å². The molecule has 0 saturated carbocycles. The van der Waals surface area contributed by atoms with Crippen molar-refractivity contribution in [1.29, 1.82) is 0 Å². The first-order valence-electron chi connectivity index (χ1n) is 6.76. The molecule has 20 heavy (non-hydrogen) atoms. The summed E-state index contributed by atoms with van der Waals surface area (Å²) in [6, 6.07) is 21.7. The monoisotopic (exact) mass is 268 g/mol. The molecule has 3 aromatic carbocycles. The van der Waals surface area contributed by atoms with Crippen molar-refractivity contribution in [3.05, 3.63) is 81.3 Å². The molecule has 0 fully saturated rings. The second-order valence-corrected chi connectivity index (χ2v) is 6.51. The molecule has 0 spiro atoms. The van der Waals surface area contributed by atoms with Crippen LogP contribution in [0.15, 0.2) is 65.7 Å². The normalized spacial score (nSPS) is 12.8. The van der Waals surface area contributed by atoms with Crippen molar-refractivity contribution in [3.8, 4) is 11.1 Å². The first-order chi connectivity index (χ1) is 9.92. The number of nitrogens with zero attached hydrogens (tertiary/aromatic N) is 1. The highest BCUT2D eigenvalue weighted by atomic mass is 28.2. The van der Waals surface area contributed by atoms with Gasteiger partial charge in [-0.05, 0) is 21.3 Å². The fourth-order valence-corrected chi connectivity index (χ4v) is 4.53. The largest absolute Gasteiger partial charge is 0.247 e. The first kappa shape index (κ1) is 10.5. The molecule has 1 nitrogen and oxygen atoms in total. The van der Waals surface area contributed by atoms with E-state index in [0.717, 1.165) is 14.8 Å². The van der Waals surface area contributed by atoms with Crippen molar-refractivity contribution < 1.29 is 0 Å². The lowest BCUT2D eigenvalue weighted by Gasteiger charge is -1.99. The fourth-order valence-electron chi connectivity index (χ4n) is 3.18. The Kier molecular flexibility index (Phi) is 1.89. The van der Waals surface area contributed by atoms with Gasteiger partial charge < -0.3 is 0 Å². The van der Waals surface area contributed by atoms with Crippen LogP contribution in [0.4, 0.5) is 5.69 Å². The van der Waals surface area contributed by atoms with Gasteiger partial charge in [-0.3, -0.25) is 0 Å². The predicted molar refractivity (Wildman–Crippen MR) is 81.0 cm³/mol. The maximum atomic E-state index is 4.89. The minimum atomic E-state index is 0.761. The Balaban J connectivity index is 2.08. The van der Waals surface area contributed by atoms with Crippen molar-refractivity contribution >= 4 is 20.0 Å². The molecule has 0 saturated heterocycles. The second kappa shape index (κ2) is 3.61. The number of benzene rings is 3. The maximum Gasteiger partial charge on any atom is 0.0796 e. The molecule has 0 aromatic heterocycles. The first-order valence-corrected chi connectivity index (χ1v) is 7.76. The van der Waals surface area contributed by atoms with Crippen LogP contribution in [0.3, 0.4) is 0 Å². The van der Waals surface area contributed by atoms with E-state index in [1.54, 1.807) is 0 Å². The SMILES string of the molecule is c1ccc2c(c1)N=c1c-2ccc2c1=c1ccccc1=[Si]2. The van der Waals surface area contributed by atoms with Gasteiger partial charge in [0.15, 0.2) is 0 Å². The van der Waals surface area contributed by atoms with Gasteiger partial charge in [-0.15, -0.1) is 0 Å². The number of hydrogen-bond acceptors (Lipinski definition) is 1. The van der Waals surface area contributed by atoms with Crippen LogP contribution in [0.2, 0.25) is 0 Å². The lowest BCUT2D eigenvalue weighted by Crippen LogP contribution is -2.17. The molecule has 91 valence electrons. The Morgan fingerprint density at radius 2 is 1.60 bits per heavy atom. The minimum Gasteiger partial charge on any atom is -0.247 e. The molecule has 0 aliphatic carbocycles. The molecule has 0 atom stereocenters. The molecule has 3 aromatic rings. The van der Waals surface area contributed by atoms with Crippen LogP contribution >= 0.6 is 0 Å². The fraction of sp³-hybridized carbons (Fsp3) is 0. The van der Waals surface area contributed by atoms with Gasteiger partial charge in [0.1, 0.15) is 0 Å². The van der Waals surface area contributed by atoms with E-state index >= 15 is 0 Å². The summed E-state index contributed by atoms with van der Waals surface area (Å²) in [5.41, 5.74) is 3.64. The zero-order valence-corrected chi connectivity index (χ0v) is 11.7. The van der Waals surface area contributed by atoms with Crippen LogP contribution in [0, 0.1) is 15.3 Å². The molecule has 1 radical (unpaired) electrons. The summed E-state index contributed by atoms with van der Waals surface area (Å²) in [6.07, 6.45) is 0. The van der Waals surface area contributed by atoms with Gasteiger partial charge in [0.05, 0.1) is 20.2 Å². The Bertz CT molecular complexity index is 1100. The Labute approximate surface area is 118 Å². The average molecular weight is 268 g/mol. The summed E-state index contributed by atoms with van der Waals surface area (Å²) in [4.78, 5) is 6.34. The summed E-state index contributed by atoms with van der Waals surface area (Å²) in [7, 11) is 0.761. The van der Waals surface area contributed by atoms with Gasteiger partial charge in [0.2, 0.25) is 0 Å². The molecule has 2 aliphatic heterocycles. The topological polar surface area (TPSA) is 12.4 Å². The van der Waals surface area contributed by atoms with Gasteiger partial charge >= 0.3 is 0 Å².